The Morgan fingerprint density at radius 3 is 3.00 bits per heavy atom. The first kappa shape index (κ1) is 13.3. The van der Waals surface area contributed by atoms with Crippen molar-refractivity contribution in [3.05, 3.63) is 52.2 Å². The van der Waals surface area contributed by atoms with E-state index in [1.54, 1.807) is 16.8 Å². The van der Waals surface area contributed by atoms with Crippen molar-refractivity contribution in [1.82, 2.24) is 19.9 Å². The first-order chi connectivity index (χ1) is 10.1. The molecule has 3 aromatic heterocycles. The van der Waals surface area contributed by atoms with Gasteiger partial charge in [-0.3, -0.25) is 4.79 Å². The van der Waals surface area contributed by atoms with E-state index in [9.17, 15) is 9.59 Å². The van der Waals surface area contributed by atoms with Gasteiger partial charge < -0.3 is 10.4 Å². The molecule has 1 amide bonds. The standard InChI is InChI=1S/C13H10N4O3S/c18-12(8-5-15-17-4-2-1-3-10(8)17)14-6-11-16-9(7-21-11)13(19)20/h1-5,7H,6H2,(H,14,18)(H,19,20). The topological polar surface area (TPSA) is 96.6 Å². The molecule has 0 aliphatic rings. The Kier molecular flexibility index (Phi) is 3.36. The number of carbonyl (C=O) groups is 2. The number of rotatable bonds is 4. The van der Waals surface area contributed by atoms with E-state index in [0.29, 0.717) is 16.1 Å². The molecule has 3 heterocycles. The molecule has 0 aromatic carbocycles. The molecule has 0 atom stereocenters. The fourth-order valence-electron chi connectivity index (χ4n) is 1.85. The smallest absolute Gasteiger partial charge is 0.355 e. The number of carboxylic acid groups (broad SMARTS) is 1. The number of pyridine rings is 1. The third-order valence-electron chi connectivity index (χ3n) is 2.84. The number of aromatic carboxylic acids is 1. The van der Waals surface area contributed by atoms with Gasteiger partial charge in [-0.15, -0.1) is 11.3 Å². The number of thiazole rings is 1. The highest BCUT2D eigenvalue weighted by Crippen LogP contribution is 2.12. The fourth-order valence-corrected chi connectivity index (χ4v) is 2.56. The molecular weight excluding hydrogens is 292 g/mol. The lowest BCUT2D eigenvalue weighted by Gasteiger charge is -2.01. The van der Waals surface area contributed by atoms with Crippen LogP contribution in [0.4, 0.5) is 0 Å². The maximum Gasteiger partial charge on any atom is 0.355 e. The summed E-state index contributed by atoms with van der Waals surface area (Å²) < 4.78 is 1.61. The van der Waals surface area contributed by atoms with E-state index in [1.807, 2.05) is 12.1 Å². The first-order valence-corrected chi connectivity index (χ1v) is 6.91. The molecule has 0 bridgehead atoms. The van der Waals surface area contributed by atoms with Crippen LogP contribution in [0.3, 0.4) is 0 Å². The Morgan fingerprint density at radius 2 is 2.24 bits per heavy atom. The summed E-state index contributed by atoms with van der Waals surface area (Å²) in [6, 6.07) is 5.45. The third kappa shape index (κ3) is 2.61. The summed E-state index contributed by atoms with van der Waals surface area (Å²) in [5.41, 5.74) is 1.16. The number of hydrogen-bond acceptors (Lipinski definition) is 5. The molecule has 0 saturated heterocycles. The van der Waals surface area contributed by atoms with Crippen LogP contribution in [0, 0.1) is 0 Å². The van der Waals surface area contributed by atoms with Gasteiger partial charge in [-0.1, -0.05) is 6.07 Å². The molecule has 0 fully saturated rings. The van der Waals surface area contributed by atoms with Gasteiger partial charge in [0.1, 0.15) is 5.01 Å². The van der Waals surface area contributed by atoms with Gasteiger partial charge in [-0.2, -0.15) is 5.10 Å². The molecule has 2 N–H and O–H groups in total. The zero-order valence-electron chi connectivity index (χ0n) is 10.7. The summed E-state index contributed by atoms with van der Waals surface area (Å²) in [5, 5.41) is 17.6. The second-order valence-electron chi connectivity index (χ2n) is 4.20. The largest absolute Gasteiger partial charge is 0.476 e. The van der Waals surface area contributed by atoms with E-state index in [2.05, 4.69) is 15.4 Å². The van der Waals surface area contributed by atoms with Crippen molar-refractivity contribution in [3.63, 3.8) is 0 Å². The van der Waals surface area contributed by atoms with E-state index in [1.165, 1.54) is 22.9 Å². The van der Waals surface area contributed by atoms with Gasteiger partial charge in [-0.05, 0) is 12.1 Å². The summed E-state index contributed by atoms with van der Waals surface area (Å²) in [6.45, 7) is 0.182. The minimum absolute atomic E-state index is 0.0137. The number of amides is 1. The van der Waals surface area contributed by atoms with E-state index in [-0.39, 0.29) is 18.1 Å². The molecular formula is C13H10N4O3S. The van der Waals surface area contributed by atoms with Crippen LogP contribution in [0.2, 0.25) is 0 Å². The van der Waals surface area contributed by atoms with Crippen LogP contribution in [0.1, 0.15) is 25.9 Å². The minimum atomic E-state index is -1.08. The molecule has 0 aliphatic carbocycles. The molecule has 106 valence electrons. The monoisotopic (exact) mass is 302 g/mol. The summed E-state index contributed by atoms with van der Waals surface area (Å²) in [5.74, 6) is -1.35. The van der Waals surface area contributed by atoms with Crippen LogP contribution in [0.25, 0.3) is 5.52 Å². The van der Waals surface area contributed by atoms with Crippen molar-refractivity contribution in [2.24, 2.45) is 0 Å². The summed E-state index contributed by atoms with van der Waals surface area (Å²) in [4.78, 5) is 26.8. The predicted octanol–water partition coefficient (Wildman–Crippen LogP) is 1.42. The zero-order chi connectivity index (χ0) is 14.8. The Balaban J connectivity index is 1.72. The Bertz CT molecular complexity index is 824. The van der Waals surface area contributed by atoms with Gasteiger partial charge in [-0.25, -0.2) is 14.3 Å². The quantitative estimate of drug-likeness (QED) is 0.759. The van der Waals surface area contributed by atoms with Crippen molar-refractivity contribution in [2.45, 2.75) is 6.54 Å². The molecule has 21 heavy (non-hydrogen) atoms. The molecule has 0 spiro atoms. The number of hydrogen-bond donors (Lipinski definition) is 2. The van der Waals surface area contributed by atoms with Crippen molar-refractivity contribution >= 4 is 28.7 Å². The van der Waals surface area contributed by atoms with Crippen molar-refractivity contribution in [1.29, 1.82) is 0 Å². The minimum Gasteiger partial charge on any atom is -0.476 e. The lowest BCUT2D eigenvalue weighted by atomic mass is 10.2. The van der Waals surface area contributed by atoms with Gasteiger partial charge in [0, 0.05) is 11.6 Å². The Morgan fingerprint density at radius 1 is 1.38 bits per heavy atom. The van der Waals surface area contributed by atoms with Crippen LogP contribution in [0.15, 0.2) is 36.0 Å². The van der Waals surface area contributed by atoms with Gasteiger partial charge in [0.15, 0.2) is 5.69 Å². The number of carbonyl (C=O) groups excluding carboxylic acids is 1. The SMILES string of the molecule is O=C(O)c1csc(CNC(=O)c2cnn3ccccc23)n1. The first-order valence-electron chi connectivity index (χ1n) is 6.03. The molecule has 0 unspecified atom stereocenters. The lowest BCUT2D eigenvalue weighted by molar-refractivity contribution is 0.0691. The molecule has 0 aliphatic heterocycles. The third-order valence-corrected chi connectivity index (χ3v) is 3.69. The second-order valence-corrected chi connectivity index (χ2v) is 5.15. The van der Waals surface area contributed by atoms with Gasteiger partial charge in [0.2, 0.25) is 0 Å². The normalized spacial score (nSPS) is 10.7. The number of nitrogens with zero attached hydrogens (tertiary/aromatic N) is 3. The molecule has 8 heteroatoms. The molecule has 7 nitrogen and oxygen atoms in total. The van der Waals surface area contributed by atoms with Gasteiger partial charge in [0.25, 0.3) is 5.91 Å². The number of fused-ring (bicyclic) bond motifs is 1. The summed E-state index contributed by atoms with van der Waals surface area (Å²) in [6.07, 6.45) is 3.25. The fraction of sp³-hybridized carbons (Fsp3) is 0.0769. The second kappa shape index (κ2) is 5.33. The maximum atomic E-state index is 12.1. The highest BCUT2D eigenvalue weighted by molar-refractivity contribution is 7.09. The molecule has 3 aromatic rings. The van der Waals surface area contributed by atoms with E-state index < -0.39 is 5.97 Å². The van der Waals surface area contributed by atoms with E-state index in [0.717, 1.165) is 0 Å². The van der Waals surface area contributed by atoms with Crippen molar-refractivity contribution in [2.75, 3.05) is 0 Å². The van der Waals surface area contributed by atoms with Crippen LogP contribution < -0.4 is 5.32 Å². The van der Waals surface area contributed by atoms with Crippen LogP contribution in [-0.4, -0.2) is 31.6 Å². The van der Waals surface area contributed by atoms with Crippen LogP contribution in [-0.2, 0) is 6.54 Å². The maximum absolute atomic E-state index is 12.1. The Labute approximate surface area is 122 Å². The van der Waals surface area contributed by atoms with Crippen molar-refractivity contribution in [3.8, 4) is 0 Å². The molecule has 0 saturated carbocycles. The van der Waals surface area contributed by atoms with E-state index >= 15 is 0 Å². The highest BCUT2D eigenvalue weighted by atomic mass is 32.1. The predicted molar refractivity (Wildman–Crippen MR) is 75.4 cm³/mol. The molecule has 0 radical (unpaired) electrons. The average Bonchev–Trinajstić information content (AvgIpc) is 3.11. The zero-order valence-corrected chi connectivity index (χ0v) is 11.5. The number of nitrogens with one attached hydrogen (secondary N) is 1. The molecule has 3 rings (SSSR count). The van der Waals surface area contributed by atoms with Crippen LogP contribution >= 0.6 is 11.3 Å². The van der Waals surface area contributed by atoms with Crippen LogP contribution in [0.5, 0.6) is 0 Å². The average molecular weight is 302 g/mol. The summed E-state index contributed by atoms with van der Waals surface area (Å²) in [7, 11) is 0. The highest BCUT2D eigenvalue weighted by Gasteiger charge is 2.13. The summed E-state index contributed by atoms with van der Waals surface area (Å²) >= 11 is 1.19. The van der Waals surface area contributed by atoms with E-state index in [4.69, 9.17) is 5.11 Å². The van der Waals surface area contributed by atoms with Gasteiger partial charge >= 0.3 is 5.97 Å². The number of aromatic nitrogens is 3. The number of carboxylic acids is 1. The van der Waals surface area contributed by atoms with Crippen molar-refractivity contribution < 1.29 is 14.7 Å². The van der Waals surface area contributed by atoms with Gasteiger partial charge in [0.05, 0.1) is 23.8 Å². The lowest BCUT2D eigenvalue weighted by Crippen LogP contribution is -2.22. The Hall–Kier alpha value is -2.74.